The molecule has 19 heavy (non-hydrogen) atoms. The number of phenolic OH excluding ortho intramolecular Hbond substituents is 1. The van der Waals surface area contributed by atoms with Crippen LogP contribution < -0.4 is 10.1 Å². The summed E-state index contributed by atoms with van der Waals surface area (Å²) in [7, 11) is 0. The largest absolute Gasteiger partial charge is 0.508 e. The van der Waals surface area contributed by atoms with Crippen LogP contribution in [0.1, 0.15) is 11.1 Å². The number of aromatic hydroxyl groups is 1. The summed E-state index contributed by atoms with van der Waals surface area (Å²) >= 11 is 0. The number of benzene rings is 2. The third kappa shape index (κ3) is 2.65. The van der Waals surface area contributed by atoms with Crippen LogP contribution in [-0.4, -0.2) is 17.8 Å². The van der Waals surface area contributed by atoms with Crippen LogP contribution in [0.15, 0.2) is 42.5 Å². The molecule has 0 spiro atoms. The lowest BCUT2D eigenvalue weighted by atomic mass is 10.0. The molecule has 3 heteroatoms. The molecule has 2 N–H and O–H groups in total. The second-order valence-corrected chi connectivity index (χ2v) is 4.99. The van der Waals surface area contributed by atoms with Crippen LogP contribution in [0.2, 0.25) is 0 Å². The van der Waals surface area contributed by atoms with E-state index in [0.717, 1.165) is 24.4 Å². The molecular weight excluding hydrogens is 238 g/mol. The normalized spacial score (nSPS) is 17.2. The van der Waals surface area contributed by atoms with Gasteiger partial charge in [-0.25, -0.2) is 0 Å². The van der Waals surface area contributed by atoms with E-state index in [4.69, 9.17) is 4.74 Å². The predicted molar refractivity (Wildman–Crippen MR) is 75.9 cm³/mol. The quantitative estimate of drug-likeness (QED) is 0.810. The van der Waals surface area contributed by atoms with Gasteiger partial charge in [-0.05, 0) is 24.6 Å². The van der Waals surface area contributed by atoms with Crippen molar-refractivity contribution >= 4 is 5.69 Å². The van der Waals surface area contributed by atoms with E-state index in [9.17, 15) is 5.11 Å². The second kappa shape index (κ2) is 4.84. The minimum absolute atomic E-state index is 0.0936. The Balaban J connectivity index is 1.75. The first kappa shape index (κ1) is 11.9. The molecule has 0 saturated heterocycles. The smallest absolute Gasteiger partial charge is 0.146 e. The molecule has 98 valence electrons. The van der Waals surface area contributed by atoms with E-state index in [1.807, 2.05) is 6.07 Å². The van der Waals surface area contributed by atoms with Gasteiger partial charge in [-0.15, -0.1) is 0 Å². The first-order valence-electron chi connectivity index (χ1n) is 6.50. The van der Waals surface area contributed by atoms with E-state index < -0.39 is 0 Å². The van der Waals surface area contributed by atoms with Gasteiger partial charge >= 0.3 is 0 Å². The summed E-state index contributed by atoms with van der Waals surface area (Å²) in [6.45, 7) is 2.88. The number of aryl methyl sites for hydroxylation is 1. The Morgan fingerprint density at radius 3 is 3.00 bits per heavy atom. The van der Waals surface area contributed by atoms with Crippen molar-refractivity contribution in [2.45, 2.75) is 19.4 Å². The molecule has 2 aromatic rings. The molecule has 3 rings (SSSR count). The zero-order valence-corrected chi connectivity index (χ0v) is 10.9. The lowest BCUT2D eigenvalue weighted by Gasteiger charge is -2.27. The summed E-state index contributed by atoms with van der Waals surface area (Å²) in [4.78, 5) is 0. The van der Waals surface area contributed by atoms with Crippen molar-refractivity contribution in [1.82, 2.24) is 0 Å². The van der Waals surface area contributed by atoms with Crippen molar-refractivity contribution in [1.29, 1.82) is 0 Å². The maximum absolute atomic E-state index is 9.49. The third-order valence-corrected chi connectivity index (χ3v) is 3.32. The number of rotatable bonds is 2. The standard InChI is InChI=1S/C16H17NO2/c1-11-3-2-4-12(7-11)8-14-10-17-15-6-5-13(18)9-16(15)19-14/h2-7,9,14,17-18H,8,10H2,1H3. The summed E-state index contributed by atoms with van der Waals surface area (Å²) in [5, 5.41) is 12.8. The second-order valence-electron chi connectivity index (χ2n) is 4.99. The first-order chi connectivity index (χ1) is 9.20. The highest BCUT2D eigenvalue weighted by Gasteiger charge is 2.19. The number of nitrogens with one attached hydrogen (secondary N) is 1. The molecule has 0 saturated carbocycles. The van der Waals surface area contributed by atoms with Crippen LogP contribution in [-0.2, 0) is 6.42 Å². The fourth-order valence-electron chi connectivity index (χ4n) is 2.42. The molecule has 0 aromatic heterocycles. The Hall–Kier alpha value is -2.16. The van der Waals surface area contributed by atoms with Gasteiger partial charge in [-0.2, -0.15) is 0 Å². The highest BCUT2D eigenvalue weighted by Crippen LogP contribution is 2.32. The van der Waals surface area contributed by atoms with E-state index in [1.54, 1.807) is 12.1 Å². The van der Waals surface area contributed by atoms with Crippen LogP contribution >= 0.6 is 0 Å². The highest BCUT2D eigenvalue weighted by atomic mass is 16.5. The fourth-order valence-corrected chi connectivity index (χ4v) is 2.42. The third-order valence-electron chi connectivity index (χ3n) is 3.32. The van der Waals surface area contributed by atoms with E-state index in [1.165, 1.54) is 11.1 Å². The van der Waals surface area contributed by atoms with Crippen LogP contribution in [0.4, 0.5) is 5.69 Å². The van der Waals surface area contributed by atoms with Gasteiger partial charge in [-0.3, -0.25) is 0 Å². The maximum atomic E-state index is 9.49. The number of anilines is 1. The summed E-state index contributed by atoms with van der Waals surface area (Å²) in [6.07, 6.45) is 0.958. The highest BCUT2D eigenvalue weighted by molar-refractivity contribution is 5.60. The SMILES string of the molecule is Cc1cccc(CC2CNc3ccc(O)cc3O2)c1. The average molecular weight is 255 g/mol. The van der Waals surface area contributed by atoms with Crippen LogP contribution in [0.5, 0.6) is 11.5 Å². The number of phenols is 1. The predicted octanol–water partition coefficient (Wildman–Crippen LogP) is 3.12. The van der Waals surface area contributed by atoms with Gasteiger partial charge in [0.05, 0.1) is 12.2 Å². The average Bonchev–Trinajstić information content (AvgIpc) is 2.38. The molecule has 1 unspecified atom stereocenters. The fraction of sp³-hybridized carbons (Fsp3) is 0.250. The van der Waals surface area contributed by atoms with E-state index >= 15 is 0 Å². The number of fused-ring (bicyclic) bond motifs is 1. The van der Waals surface area contributed by atoms with Gasteiger partial charge in [0.1, 0.15) is 17.6 Å². The van der Waals surface area contributed by atoms with Gasteiger partial charge in [0.25, 0.3) is 0 Å². The molecule has 0 bridgehead atoms. The molecule has 2 aromatic carbocycles. The molecule has 1 aliphatic rings. The topological polar surface area (TPSA) is 41.5 Å². The van der Waals surface area contributed by atoms with Gasteiger partial charge < -0.3 is 15.2 Å². The molecule has 0 radical (unpaired) electrons. The molecule has 1 atom stereocenters. The number of hydrogen-bond donors (Lipinski definition) is 2. The van der Waals surface area contributed by atoms with E-state index in [2.05, 4.69) is 36.5 Å². The molecule has 0 fully saturated rings. The lowest BCUT2D eigenvalue weighted by molar-refractivity contribution is 0.205. The maximum Gasteiger partial charge on any atom is 0.146 e. The molecule has 1 heterocycles. The Kier molecular flexibility index (Phi) is 3.03. The minimum Gasteiger partial charge on any atom is -0.508 e. The minimum atomic E-state index is 0.0936. The van der Waals surface area contributed by atoms with Crippen LogP contribution in [0, 0.1) is 6.92 Å². The number of ether oxygens (including phenoxy) is 1. The van der Waals surface area contributed by atoms with Gasteiger partial charge in [0, 0.05) is 12.5 Å². The van der Waals surface area contributed by atoms with Gasteiger partial charge in [0.2, 0.25) is 0 Å². The number of hydrogen-bond acceptors (Lipinski definition) is 3. The van der Waals surface area contributed by atoms with Gasteiger partial charge in [0.15, 0.2) is 0 Å². The first-order valence-corrected chi connectivity index (χ1v) is 6.50. The molecular formula is C16H17NO2. The Morgan fingerprint density at radius 1 is 1.26 bits per heavy atom. The monoisotopic (exact) mass is 255 g/mol. The van der Waals surface area contributed by atoms with E-state index in [-0.39, 0.29) is 11.9 Å². The zero-order chi connectivity index (χ0) is 13.2. The molecule has 3 nitrogen and oxygen atoms in total. The van der Waals surface area contributed by atoms with Crippen LogP contribution in [0.25, 0.3) is 0 Å². The lowest BCUT2D eigenvalue weighted by Crippen LogP contribution is -2.32. The van der Waals surface area contributed by atoms with Crippen molar-refractivity contribution in [3.63, 3.8) is 0 Å². The molecule has 1 aliphatic heterocycles. The van der Waals surface area contributed by atoms with Crippen molar-refractivity contribution in [3.05, 3.63) is 53.6 Å². The summed E-state index contributed by atoms with van der Waals surface area (Å²) in [5.41, 5.74) is 3.48. The Bertz CT molecular complexity index is 595. The van der Waals surface area contributed by atoms with E-state index in [0.29, 0.717) is 0 Å². The Labute approximate surface area is 112 Å². The van der Waals surface area contributed by atoms with Crippen molar-refractivity contribution < 1.29 is 9.84 Å². The summed E-state index contributed by atoms with van der Waals surface area (Å²) in [6, 6.07) is 13.6. The Morgan fingerprint density at radius 2 is 2.16 bits per heavy atom. The molecule has 0 aliphatic carbocycles. The van der Waals surface area contributed by atoms with Crippen molar-refractivity contribution in [3.8, 4) is 11.5 Å². The van der Waals surface area contributed by atoms with Gasteiger partial charge in [-0.1, -0.05) is 29.8 Å². The van der Waals surface area contributed by atoms with Crippen molar-refractivity contribution in [2.75, 3.05) is 11.9 Å². The van der Waals surface area contributed by atoms with Crippen LogP contribution in [0.3, 0.4) is 0 Å². The summed E-state index contributed by atoms with van der Waals surface area (Å²) in [5.74, 6) is 0.959. The van der Waals surface area contributed by atoms with Crippen molar-refractivity contribution in [2.24, 2.45) is 0 Å². The zero-order valence-electron chi connectivity index (χ0n) is 10.9. The summed E-state index contributed by atoms with van der Waals surface area (Å²) < 4.78 is 5.93. The molecule has 0 amide bonds.